The zero-order valence-electron chi connectivity index (χ0n) is 11.3. The Morgan fingerprint density at radius 3 is 2.84 bits per heavy atom. The van der Waals surface area contributed by atoms with Crippen LogP contribution in [0.25, 0.3) is 0 Å². The third-order valence-electron chi connectivity index (χ3n) is 2.62. The first-order valence-electron chi connectivity index (χ1n) is 5.88. The summed E-state index contributed by atoms with van der Waals surface area (Å²) in [6.07, 6.45) is 3.55. The molecule has 0 saturated carbocycles. The molecule has 0 saturated heterocycles. The van der Waals surface area contributed by atoms with Gasteiger partial charge in [-0.25, -0.2) is 4.68 Å². The summed E-state index contributed by atoms with van der Waals surface area (Å²) in [5.41, 5.74) is 1.63. The average Bonchev–Trinajstić information content (AvgIpc) is 2.86. The van der Waals surface area contributed by atoms with Gasteiger partial charge in [-0.15, -0.1) is 5.10 Å². The summed E-state index contributed by atoms with van der Waals surface area (Å²) in [4.78, 5) is 4.30. The Hall–Kier alpha value is -2.15. The normalized spacial score (nSPS) is 10.5. The molecule has 0 fully saturated rings. The van der Waals surface area contributed by atoms with Crippen LogP contribution in [0.15, 0.2) is 18.5 Å². The van der Waals surface area contributed by atoms with Gasteiger partial charge in [0.05, 0.1) is 32.7 Å². The molecule has 7 nitrogen and oxygen atoms in total. The highest BCUT2D eigenvalue weighted by atomic mass is 16.5. The second-order valence-corrected chi connectivity index (χ2v) is 3.93. The first-order chi connectivity index (χ1) is 9.28. The fourth-order valence-corrected chi connectivity index (χ4v) is 1.79. The lowest BCUT2D eigenvalue weighted by atomic mass is 10.3. The van der Waals surface area contributed by atoms with Gasteiger partial charge in [-0.3, -0.25) is 4.98 Å². The molecule has 0 aromatic carbocycles. The number of nitrogens with one attached hydrogen (secondary N) is 1. The van der Waals surface area contributed by atoms with Gasteiger partial charge in [-0.05, 0) is 7.05 Å². The predicted octanol–water partition coefficient (Wildman–Crippen LogP) is 0.458. The van der Waals surface area contributed by atoms with Crippen LogP contribution in [0, 0.1) is 0 Å². The lowest BCUT2D eigenvalue weighted by Gasteiger charge is -2.11. The minimum Gasteiger partial charge on any atom is -0.493 e. The average molecular weight is 263 g/mol. The Kier molecular flexibility index (Phi) is 4.30. The molecule has 7 heteroatoms. The molecule has 2 aromatic rings. The van der Waals surface area contributed by atoms with Crippen molar-refractivity contribution in [3.8, 4) is 11.5 Å². The number of methoxy groups -OCH3 is 2. The van der Waals surface area contributed by atoms with Gasteiger partial charge in [0, 0.05) is 18.8 Å². The maximum Gasteiger partial charge on any atom is 0.184 e. The zero-order valence-corrected chi connectivity index (χ0v) is 11.3. The van der Waals surface area contributed by atoms with E-state index in [4.69, 9.17) is 9.47 Å². The first kappa shape index (κ1) is 13.3. The number of aromatic nitrogens is 4. The minimum absolute atomic E-state index is 0.483. The van der Waals surface area contributed by atoms with Crippen LogP contribution in [-0.4, -0.2) is 41.2 Å². The van der Waals surface area contributed by atoms with Gasteiger partial charge in [0.25, 0.3) is 0 Å². The highest BCUT2D eigenvalue weighted by Gasteiger charge is 2.12. The summed E-state index contributed by atoms with van der Waals surface area (Å²) in [7, 11) is 5.06. The molecule has 1 N–H and O–H groups in total. The molecule has 2 heterocycles. The molecule has 0 aliphatic heterocycles. The van der Waals surface area contributed by atoms with Crippen molar-refractivity contribution in [1.29, 1.82) is 0 Å². The molecule has 0 amide bonds. The number of nitrogens with zero attached hydrogens (tertiary/aromatic N) is 4. The van der Waals surface area contributed by atoms with Gasteiger partial charge in [0.2, 0.25) is 0 Å². The van der Waals surface area contributed by atoms with Gasteiger partial charge in [0.15, 0.2) is 11.5 Å². The van der Waals surface area contributed by atoms with Crippen LogP contribution in [-0.2, 0) is 13.1 Å². The van der Waals surface area contributed by atoms with E-state index in [0.717, 1.165) is 11.4 Å². The maximum absolute atomic E-state index is 5.33. The fourth-order valence-electron chi connectivity index (χ4n) is 1.79. The van der Waals surface area contributed by atoms with E-state index in [9.17, 15) is 0 Å². The van der Waals surface area contributed by atoms with E-state index >= 15 is 0 Å². The number of hydrogen-bond acceptors (Lipinski definition) is 6. The molecule has 102 valence electrons. The van der Waals surface area contributed by atoms with Crippen molar-refractivity contribution in [3.05, 3.63) is 29.8 Å². The van der Waals surface area contributed by atoms with E-state index in [1.807, 2.05) is 13.2 Å². The van der Waals surface area contributed by atoms with Crippen molar-refractivity contribution in [3.63, 3.8) is 0 Å². The summed E-state index contributed by atoms with van der Waals surface area (Å²) < 4.78 is 12.3. The van der Waals surface area contributed by atoms with E-state index in [1.165, 1.54) is 0 Å². The smallest absolute Gasteiger partial charge is 0.184 e. The van der Waals surface area contributed by atoms with Crippen LogP contribution in [0.5, 0.6) is 11.5 Å². The van der Waals surface area contributed by atoms with Crippen molar-refractivity contribution in [2.24, 2.45) is 0 Å². The molecule has 0 aliphatic carbocycles. The predicted molar refractivity (Wildman–Crippen MR) is 69.2 cm³/mol. The molecule has 0 aliphatic rings. The van der Waals surface area contributed by atoms with Gasteiger partial charge in [-0.2, -0.15) is 0 Å². The van der Waals surface area contributed by atoms with E-state index in [1.54, 1.807) is 31.2 Å². The van der Waals surface area contributed by atoms with Crippen LogP contribution in [0.3, 0.4) is 0 Å². The topological polar surface area (TPSA) is 74.1 Å². The first-order valence-corrected chi connectivity index (χ1v) is 5.88. The highest BCUT2D eigenvalue weighted by molar-refractivity contribution is 5.42. The standard InChI is InChI=1S/C12H17N5O2/c1-13-6-9-7-17(16-15-9)8-10-12(19-3)11(18-2)4-5-14-10/h4-5,7,13H,6,8H2,1-3H3. The Labute approximate surface area is 111 Å². The van der Waals surface area contributed by atoms with Gasteiger partial charge < -0.3 is 14.8 Å². The summed E-state index contributed by atoms with van der Waals surface area (Å²) in [6, 6.07) is 1.76. The maximum atomic E-state index is 5.33. The number of rotatable bonds is 6. The van der Waals surface area contributed by atoms with E-state index in [0.29, 0.717) is 24.6 Å². The molecule has 2 aromatic heterocycles. The van der Waals surface area contributed by atoms with Crippen molar-refractivity contribution >= 4 is 0 Å². The zero-order chi connectivity index (χ0) is 13.7. The van der Waals surface area contributed by atoms with E-state index in [-0.39, 0.29) is 0 Å². The monoisotopic (exact) mass is 263 g/mol. The second-order valence-electron chi connectivity index (χ2n) is 3.93. The lowest BCUT2D eigenvalue weighted by Crippen LogP contribution is -2.06. The molecule has 0 unspecified atom stereocenters. The largest absolute Gasteiger partial charge is 0.493 e. The molecule has 0 bridgehead atoms. The molecular weight excluding hydrogens is 246 g/mol. The third-order valence-corrected chi connectivity index (χ3v) is 2.62. The van der Waals surface area contributed by atoms with Crippen molar-refractivity contribution in [2.75, 3.05) is 21.3 Å². The summed E-state index contributed by atoms with van der Waals surface area (Å²) in [6.45, 7) is 1.17. The molecule has 0 spiro atoms. The Balaban J connectivity index is 2.22. The second kappa shape index (κ2) is 6.14. The fraction of sp³-hybridized carbons (Fsp3) is 0.417. The Bertz CT molecular complexity index is 541. The van der Waals surface area contributed by atoms with E-state index < -0.39 is 0 Å². The van der Waals surface area contributed by atoms with Gasteiger partial charge in [-0.1, -0.05) is 5.21 Å². The van der Waals surface area contributed by atoms with E-state index in [2.05, 4.69) is 20.6 Å². The van der Waals surface area contributed by atoms with Gasteiger partial charge >= 0.3 is 0 Å². The van der Waals surface area contributed by atoms with Crippen molar-refractivity contribution in [1.82, 2.24) is 25.3 Å². The molecular formula is C12H17N5O2. The van der Waals surface area contributed by atoms with Crippen molar-refractivity contribution < 1.29 is 9.47 Å². The van der Waals surface area contributed by atoms with Crippen LogP contribution in [0.1, 0.15) is 11.4 Å². The number of pyridine rings is 1. The molecule has 2 rings (SSSR count). The summed E-state index contributed by atoms with van der Waals surface area (Å²) in [5.74, 6) is 1.28. The summed E-state index contributed by atoms with van der Waals surface area (Å²) >= 11 is 0. The van der Waals surface area contributed by atoms with Crippen LogP contribution < -0.4 is 14.8 Å². The van der Waals surface area contributed by atoms with Crippen LogP contribution >= 0.6 is 0 Å². The highest BCUT2D eigenvalue weighted by Crippen LogP contribution is 2.29. The number of hydrogen-bond donors (Lipinski definition) is 1. The molecule has 19 heavy (non-hydrogen) atoms. The lowest BCUT2D eigenvalue weighted by molar-refractivity contribution is 0.348. The minimum atomic E-state index is 0.483. The SMILES string of the molecule is CNCc1cn(Cc2nccc(OC)c2OC)nn1. The quantitative estimate of drug-likeness (QED) is 0.816. The Morgan fingerprint density at radius 2 is 2.16 bits per heavy atom. The third kappa shape index (κ3) is 3.00. The Morgan fingerprint density at radius 1 is 1.32 bits per heavy atom. The van der Waals surface area contributed by atoms with Crippen LogP contribution in [0.2, 0.25) is 0 Å². The van der Waals surface area contributed by atoms with Crippen molar-refractivity contribution in [2.45, 2.75) is 13.1 Å². The number of ether oxygens (including phenoxy) is 2. The summed E-state index contributed by atoms with van der Waals surface area (Å²) in [5, 5.41) is 11.1. The molecule has 0 atom stereocenters. The van der Waals surface area contributed by atoms with Gasteiger partial charge in [0.1, 0.15) is 5.69 Å². The molecule has 0 radical (unpaired) electrons. The van der Waals surface area contributed by atoms with Crippen LogP contribution in [0.4, 0.5) is 0 Å².